The monoisotopic (exact) mass is 432 g/mol. The van der Waals surface area contributed by atoms with E-state index < -0.39 is 11.9 Å². The Kier molecular flexibility index (Phi) is 4.93. The third kappa shape index (κ3) is 3.51. The first-order valence-corrected chi connectivity index (χ1v) is 10.2. The Labute approximate surface area is 183 Å². The number of hydrogen-bond donors (Lipinski definition) is 1. The molecule has 0 bridgehead atoms. The van der Waals surface area contributed by atoms with Gasteiger partial charge in [0.1, 0.15) is 23.3 Å². The number of hydrogen-bond acceptors (Lipinski definition) is 5. The number of amides is 1. The number of benzene rings is 2. The molecule has 1 atom stereocenters. The quantitative estimate of drug-likeness (QED) is 0.531. The van der Waals surface area contributed by atoms with Crippen molar-refractivity contribution in [2.75, 3.05) is 12.4 Å². The number of nitrogens with zero attached hydrogens (tertiary/aromatic N) is 5. The minimum absolute atomic E-state index is 0.246. The van der Waals surface area contributed by atoms with Gasteiger partial charge in [-0.3, -0.25) is 4.79 Å². The lowest BCUT2D eigenvalue weighted by molar-refractivity contribution is -0.119. The minimum atomic E-state index is -0.585. The largest absolute Gasteiger partial charge is 0.495 e. The standard InChI is InChI=1S/C23H21FN6O2/c1-14-11-29(13-25-14)19-8-7-16(10-21(19)32-2)18-12-30(28-27-18)20-9-6-15-4-3-5-17(24)22(15)26-23(20)31/h3-5,7-8,10-13,20H,6,9H2,1-2H3,(H,26,31). The molecule has 9 heteroatoms. The predicted octanol–water partition coefficient (Wildman–Crippen LogP) is 3.71. The van der Waals surface area contributed by atoms with E-state index in [-0.39, 0.29) is 11.6 Å². The molecule has 0 saturated heterocycles. The molecule has 0 aliphatic carbocycles. The van der Waals surface area contributed by atoms with Crippen LogP contribution in [0.1, 0.15) is 23.7 Å². The van der Waals surface area contributed by atoms with Gasteiger partial charge in [0.15, 0.2) is 0 Å². The van der Waals surface area contributed by atoms with Crippen molar-refractivity contribution in [1.29, 1.82) is 0 Å². The fourth-order valence-corrected chi connectivity index (χ4v) is 3.96. The van der Waals surface area contributed by atoms with Crippen LogP contribution in [0.25, 0.3) is 16.9 Å². The topological polar surface area (TPSA) is 86.9 Å². The Morgan fingerprint density at radius 1 is 1.22 bits per heavy atom. The Morgan fingerprint density at radius 2 is 2.09 bits per heavy atom. The normalized spacial score (nSPS) is 15.7. The fraction of sp³-hybridized carbons (Fsp3) is 0.217. The van der Waals surface area contributed by atoms with Crippen LogP contribution < -0.4 is 10.1 Å². The Hall–Kier alpha value is -4.01. The van der Waals surface area contributed by atoms with E-state index in [0.717, 1.165) is 22.5 Å². The van der Waals surface area contributed by atoms with E-state index in [4.69, 9.17) is 4.74 Å². The molecule has 3 heterocycles. The molecule has 1 aliphatic heterocycles. The number of para-hydroxylation sites is 1. The second-order valence-corrected chi connectivity index (χ2v) is 7.71. The summed E-state index contributed by atoms with van der Waals surface area (Å²) in [6, 6.07) is 9.94. The van der Waals surface area contributed by atoms with Gasteiger partial charge in [-0.1, -0.05) is 23.4 Å². The molecule has 4 aromatic rings. The number of fused-ring (bicyclic) bond motifs is 1. The number of imidazole rings is 1. The molecule has 1 N–H and O–H groups in total. The molecule has 2 aromatic carbocycles. The molecule has 2 aromatic heterocycles. The number of anilines is 1. The Balaban J connectivity index is 1.43. The number of rotatable bonds is 4. The first-order chi connectivity index (χ1) is 15.5. The molecule has 0 fully saturated rings. The maximum absolute atomic E-state index is 14.1. The zero-order valence-corrected chi connectivity index (χ0v) is 17.6. The number of carbonyl (C=O) groups excluding carboxylic acids is 1. The summed E-state index contributed by atoms with van der Waals surface area (Å²) in [6.07, 6.45) is 6.42. The lowest BCUT2D eigenvalue weighted by atomic mass is 10.1. The van der Waals surface area contributed by atoms with Crippen LogP contribution in [0.3, 0.4) is 0 Å². The summed E-state index contributed by atoms with van der Waals surface area (Å²) in [4.78, 5) is 17.0. The molecule has 5 rings (SSSR count). The number of carbonyl (C=O) groups is 1. The molecule has 0 radical (unpaired) electrons. The predicted molar refractivity (Wildman–Crippen MR) is 116 cm³/mol. The number of methoxy groups -OCH3 is 1. The van der Waals surface area contributed by atoms with Crippen LogP contribution in [0.2, 0.25) is 0 Å². The van der Waals surface area contributed by atoms with Gasteiger partial charge in [0.25, 0.3) is 0 Å². The van der Waals surface area contributed by atoms with Gasteiger partial charge in [-0.05, 0) is 43.5 Å². The van der Waals surface area contributed by atoms with Crippen LogP contribution >= 0.6 is 0 Å². The van der Waals surface area contributed by atoms with E-state index in [0.29, 0.717) is 24.3 Å². The van der Waals surface area contributed by atoms with E-state index in [1.807, 2.05) is 42.0 Å². The fourth-order valence-electron chi connectivity index (χ4n) is 3.96. The van der Waals surface area contributed by atoms with Gasteiger partial charge < -0.3 is 14.6 Å². The van der Waals surface area contributed by atoms with Gasteiger partial charge in [-0.25, -0.2) is 14.1 Å². The number of aromatic nitrogens is 5. The van der Waals surface area contributed by atoms with E-state index in [2.05, 4.69) is 20.6 Å². The summed E-state index contributed by atoms with van der Waals surface area (Å²) >= 11 is 0. The van der Waals surface area contributed by atoms with Crippen LogP contribution in [0.5, 0.6) is 5.75 Å². The van der Waals surface area contributed by atoms with Crippen molar-refractivity contribution in [2.24, 2.45) is 0 Å². The average molecular weight is 432 g/mol. The number of ether oxygens (including phenoxy) is 1. The van der Waals surface area contributed by atoms with Gasteiger partial charge in [0.05, 0.1) is 36.7 Å². The third-order valence-electron chi connectivity index (χ3n) is 5.63. The van der Waals surface area contributed by atoms with Crippen molar-refractivity contribution in [3.63, 3.8) is 0 Å². The van der Waals surface area contributed by atoms with Crippen LogP contribution in [0.15, 0.2) is 55.1 Å². The summed E-state index contributed by atoms with van der Waals surface area (Å²) in [5, 5.41) is 11.2. The number of aryl methyl sites for hydroxylation is 2. The SMILES string of the molecule is COc1cc(-c2cn(C3CCc4cccc(F)c4NC3=O)nn2)ccc1-n1cnc(C)c1. The Bertz CT molecular complexity index is 1310. The van der Waals surface area contributed by atoms with Crippen molar-refractivity contribution >= 4 is 11.6 Å². The number of halogens is 1. The molecule has 1 unspecified atom stereocenters. The molecule has 32 heavy (non-hydrogen) atoms. The average Bonchev–Trinajstić information content (AvgIpc) is 3.41. The van der Waals surface area contributed by atoms with Crippen molar-refractivity contribution in [3.05, 3.63) is 72.2 Å². The first-order valence-electron chi connectivity index (χ1n) is 10.2. The van der Waals surface area contributed by atoms with E-state index in [1.54, 1.807) is 25.7 Å². The molecule has 162 valence electrons. The van der Waals surface area contributed by atoms with Crippen molar-refractivity contribution in [3.8, 4) is 22.7 Å². The molecule has 0 saturated carbocycles. The maximum Gasteiger partial charge on any atom is 0.249 e. The van der Waals surface area contributed by atoms with Gasteiger partial charge in [-0.2, -0.15) is 0 Å². The summed E-state index contributed by atoms with van der Waals surface area (Å²) < 4.78 is 23.1. The lowest BCUT2D eigenvalue weighted by Crippen LogP contribution is -2.25. The van der Waals surface area contributed by atoms with E-state index >= 15 is 0 Å². The summed E-state index contributed by atoms with van der Waals surface area (Å²) in [5.74, 6) is -0.0858. The molecule has 8 nitrogen and oxygen atoms in total. The Morgan fingerprint density at radius 3 is 2.88 bits per heavy atom. The summed E-state index contributed by atoms with van der Waals surface area (Å²) in [5.41, 5.74) is 4.19. The van der Waals surface area contributed by atoms with E-state index in [9.17, 15) is 9.18 Å². The zero-order valence-electron chi connectivity index (χ0n) is 17.6. The van der Waals surface area contributed by atoms with Crippen LogP contribution in [-0.2, 0) is 11.2 Å². The van der Waals surface area contributed by atoms with Crippen molar-refractivity contribution in [2.45, 2.75) is 25.8 Å². The van der Waals surface area contributed by atoms with Crippen LogP contribution in [0, 0.1) is 12.7 Å². The summed E-state index contributed by atoms with van der Waals surface area (Å²) in [6.45, 7) is 1.92. The van der Waals surface area contributed by atoms with Gasteiger partial charge in [0, 0.05) is 11.8 Å². The number of nitrogens with one attached hydrogen (secondary N) is 1. The van der Waals surface area contributed by atoms with Gasteiger partial charge in [0.2, 0.25) is 5.91 Å². The zero-order chi connectivity index (χ0) is 22.2. The highest BCUT2D eigenvalue weighted by molar-refractivity contribution is 5.95. The highest BCUT2D eigenvalue weighted by atomic mass is 19.1. The van der Waals surface area contributed by atoms with Crippen molar-refractivity contribution < 1.29 is 13.9 Å². The summed E-state index contributed by atoms with van der Waals surface area (Å²) in [7, 11) is 1.61. The molecule has 1 aliphatic rings. The second kappa shape index (κ2) is 7.92. The molecular formula is C23H21FN6O2. The van der Waals surface area contributed by atoms with Gasteiger partial charge >= 0.3 is 0 Å². The van der Waals surface area contributed by atoms with E-state index in [1.165, 1.54) is 10.7 Å². The van der Waals surface area contributed by atoms with Crippen LogP contribution in [0.4, 0.5) is 10.1 Å². The maximum atomic E-state index is 14.1. The minimum Gasteiger partial charge on any atom is -0.495 e. The highest BCUT2D eigenvalue weighted by Gasteiger charge is 2.28. The highest BCUT2D eigenvalue weighted by Crippen LogP contribution is 2.31. The second-order valence-electron chi connectivity index (χ2n) is 7.71. The smallest absolute Gasteiger partial charge is 0.249 e. The van der Waals surface area contributed by atoms with Crippen molar-refractivity contribution in [1.82, 2.24) is 24.5 Å². The molecular weight excluding hydrogens is 411 g/mol. The molecule has 1 amide bonds. The van der Waals surface area contributed by atoms with Gasteiger partial charge in [-0.15, -0.1) is 5.10 Å². The third-order valence-corrected chi connectivity index (χ3v) is 5.63. The lowest BCUT2D eigenvalue weighted by Gasteiger charge is -2.13. The molecule has 0 spiro atoms. The first kappa shape index (κ1) is 19.9. The van der Waals surface area contributed by atoms with Crippen LogP contribution in [-0.4, -0.2) is 37.6 Å².